The average molecular weight is 456 g/mol. The van der Waals surface area contributed by atoms with Gasteiger partial charge in [0.2, 0.25) is 0 Å². The molecule has 3 fully saturated rings. The number of ether oxygens (including phenoxy) is 1. The van der Waals surface area contributed by atoms with Crippen LogP contribution in [0.3, 0.4) is 0 Å². The van der Waals surface area contributed by atoms with Crippen LogP contribution >= 0.6 is 0 Å². The van der Waals surface area contributed by atoms with Crippen molar-refractivity contribution in [3.63, 3.8) is 0 Å². The fourth-order valence-corrected chi connectivity index (χ4v) is 5.64. The molecular weight excluding hydrogens is 421 g/mol. The van der Waals surface area contributed by atoms with Crippen LogP contribution in [0.1, 0.15) is 26.2 Å². The minimum atomic E-state index is -0.315. The summed E-state index contributed by atoms with van der Waals surface area (Å²) in [5, 5.41) is 0. The van der Waals surface area contributed by atoms with Crippen LogP contribution in [0.25, 0.3) is 11.3 Å². The zero-order valence-electron chi connectivity index (χ0n) is 19.6. The Balaban J connectivity index is 0.000000471. The summed E-state index contributed by atoms with van der Waals surface area (Å²) in [5.41, 5.74) is 2.16. The van der Waals surface area contributed by atoms with Gasteiger partial charge in [0, 0.05) is 57.1 Å². The average Bonchev–Trinajstić information content (AvgIpc) is 3.26. The van der Waals surface area contributed by atoms with Crippen LogP contribution in [-0.2, 0) is 9.53 Å². The Bertz CT molecular complexity index is 914. The number of likely N-dealkylation sites (tertiary alicyclic amines) is 1. The molecule has 7 nitrogen and oxygen atoms in total. The number of pyridine rings is 2. The quantitative estimate of drug-likeness (QED) is 0.642. The molecule has 5 rings (SSSR count). The number of halogens is 1. The third-order valence-electron chi connectivity index (χ3n) is 7.03. The maximum Gasteiger partial charge on any atom is 0.293 e. The highest BCUT2D eigenvalue weighted by Gasteiger charge is 2.48. The number of anilines is 1. The number of piperazine rings is 1. The molecule has 3 aliphatic rings. The van der Waals surface area contributed by atoms with Crippen molar-refractivity contribution in [1.82, 2.24) is 19.8 Å². The standard InChI is InChI=1S/C22H28FN5.C3H6O2/c1-26-15-22(16-26)6-5-18(13-22)27-8-10-28(11-9-27)21-19(12-17(23)14-25-21)20-4-2-3-7-24-20;1-2-5-3-4/h2-4,7,12,14,18H,5-6,8-11,13,15-16H2,1H3;3H,2H2,1H3. The topological polar surface area (TPSA) is 61.8 Å². The summed E-state index contributed by atoms with van der Waals surface area (Å²) in [5.74, 6) is 0.535. The number of hydrogen-bond donors (Lipinski definition) is 0. The lowest BCUT2D eigenvalue weighted by Crippen LogP contribution is -2.54. The van der Waals surface area contributed by atoms with Gasteiger partial charge in [0.15, 0.2) is 0 Å². The lowest BCUT2D eigenvalue weighted by atomic mass is 9.78. The van der Waals surface area contributed by atoms with E-state index < -0.39 is 0 Å². The van der Waals surface area contributed by atoms with Crippen molar-refractivity contribution in [2.45, 2.75) is 32.2 Å². The molecule has 8 heteroatoms. The second-order valence-corrected chi connectivity index (χ2v) is 9.38. The third kappa shape index (κ3) is 5.50. The predicted molar refractivity (Wildman–Crippen MR) is 126 cm³/mol. The Morgan fingerprint density at radius 3 is 2.61 bits per heavy atom. The van der Waals surface area contributed by atoms with Crippen LogP contribution < -0.4 is 4.90 Å². The molecule has 0 N–H and O–H groups in total. The van der Waals surface area contributed by atoms with E-state index in [9.17, 15) is 9.18 Å². The van der Waals surface area contributed by atoms with E-state index in [1.54, 1.807) is 19.2 Å². The molecule has 1 saturated carbocycles. The molecule has 4 heterocycles. The Morgan fingerprint density at radius 2 is 2.00 bits per heavy atom. The van der Waals surface area contributed by atoms with Crippen LogP contribution in [0.15, 0.2) is 36.7 Å². The molecule has 1 aliphatic carbocycles. The first-order chi connectivity index (χ1) is 16.0. The van der Waals surface area contributed by atoms with Crippen LogP contribution in [0.5, 0.6) is 0 Å². The molecule has 1 atom stereocenters. The first-order valence-corrected chi connectivity index (χ1v) is 11.8. The summed E-state index contributed by atoms with van der Waals surface area (Å²) in [6, 6.07) is 8.02. The fourth-order valence-electron chi connectivity index (χ4n) is 5.64. The molecule has 0 amide bonds. The number of carbonyl (C=O) groups is 1. The molecule has 0 aromatic carbocycles. The number of rotatable bonds is 5. The molecule has 2 aliphatic heterocycles. The highest BCUT2D eigenvalue weighted by atomic mass is 19.1. The minimum Gasteiger partial charge on any atom is -0.468 e. The van der Waals surface area contributed by atoms with Gasteiger partial charge in [-0.3, -0.25) is 14.7 Å². The Kier molecular flexibility index (Phi) is 7.55. The zero-order valence-corrected chi connectivity index (χ0v) is 19.6. The number of nitrogens with zero attached hydrogens (tertiary/aromatic N) is 5. The van der Waals surface area contributed by atoms with Crippen molar-refractivity contribution in [2.24, 2.45) is 5.41 Å². The van der Waals surface area contributed by atoms with Crippen LogP contribution in [-0.4, -0.2) is 85.2 Å². The fraction of sp³-hybridized carbons (Fsp3) is 0.560. The Hall–Kier alpha value is -2.58. The molecule has 2 aromatic heterocycles. The van der Waals surface area contributed by atoms with Crippen LogP contribution in [0.2, 0.25) is 0 Å². The van der Waals surface area contributed by atoms with Crippen molar-refractivity contribution in [3.05, 3.63) is 42.5 Å². The van der Waals surface area contributed by atoms with E-state index in [2.05, 4.69) is 36.5 Å². The van der Waals surface area contributed by atoms with Gasteiger partial charge < -0.3 is 14.5 Å². The first-order valence-electron chi connectivity index (χ1n) is 11.8. The Morgan fingerprint density at radius 1 is 1.21 bits per heavy atom. The lowest BCUT2D eigenvalue weighted by Gasteiger charge is -2.47. The summed E-state index contributed by atoms with van der Waals surface area (Å²) in [4.78, 5) is 25.4. The van der Waals surface area contributed by atoms with Crippen molar-refractivity contribution in [2.75, 3.05) is 57.8 Å². The monoisotopic (exact) mass is 455 g/mol. The smallest absolute Gasteiger partial charge is 0.293 e. The van der Waals surface area contributed by atoms with Crippen molar-refractivity contribution in [3.8, 4) is 11.3 Å². The summed E-state index contributed by atoms with van der Waals surface area (Å²) >= 11 is 0. The summed E-state index contributed by atoms with van der Waals surface area (Å²) < 4.78 is 18.0. The normalized spacial score (nSPS) is 22.4. The summed E-state index contributed by atoms with van der Waals surface area (Å²) in [6.45, 7) is 9.18. The minimum absolute atomic E-state index is 0.315. The lowest BCUT2D eigenvalue weighted by molar-refractivity contribution is -0.128. The molecule has 2 aromatic rings. The molecule has 2 saturated heterocycles. The van der Waals surface area contributed by atoms with E-state index in [1.165, 1.54) is 38.5 Å². The highest BCUT2D eigenvalue weighted by molar-refractivity contribution is 5.73. The van der Waals surface area contributed by atoms with Gasteiger partial charge in [-0.1, -0.05) is 6.07 Å². The highest BCUT2D eigenvalue weighted by Crippen LogP contribution is 2.46. The predicted octanol–water partition coefficient (Wildman–Crippen LogP) is 3.07. The second kappa shape index (κ2) is 10.6. The van der Waals surface area contributed by atoms with Crippen molar-refractivity contribution < 1.29 is 13.9 Å². The largest absolute Gasteiger partial charge is 0.468 e. The molecule has 1 spiro atoms. The van der Waals surface area contributed by atoms with E-state index >= 15 is 0 Å². The van der Waals surface area contributed by atoms with Gasteiger partial charge in [-0.25, -0.2) is 9.37 Å². The maximum atomic E-state index is 13.9. The van der Waals surface area contributed by atoms with Gasteiger partial charge in [-0.2, -0.15) is 0 Å². The van der Waals surface area contributed by atoms with Crippen LogP contribution in [0, 0.1) is 11.2 Å². The Labute approximate surface area is 195 Å². The summed E-state index contributed by atoms with van der Waals surface area (Å²) in [7, 11) is 2.23. The SMILES string of the molecule is CCOC=O.CN1CC2(CCC(N3CCN(c4ncc(F)cc4-c4ccccn4)CC3)C2)C1. The first kappa shape index (κ1) is 23.6. The van der Waals surface area contributed by atoms with E-state index in [0.29, 0.717) is 18.5 Å². The van der Waals surface area contributed by atoms with E-state index in [4.69, 9.17) is 0 Å². The van der Waals surface area contributed by atoms with E-state index in [1.807, 2.05) is 18.2 Å². The maximum absolute atomic E-state index is 13.9. The van der Waals surface area contributed by atoms with E-state index in [0.717, 1.165) is 49.3 Å². The number of carbonyl (C=O) groups excluding carboxylic acids is 1. The van der Waals surface area contributed by atoms with Gasteiger partial charge in [-0.15, -0.1) is 0 Å². The van der Waals surface area contributed by atoms with Crippen molar-refractivity contribution in [1.29, 1.82) is 0 Å². The van der Waals surface area contributed by atoms with Crippen LogP contribution in [0.4, 0.5) is 10.2 Å². The molecule has 1 unspecified atom stereocenters. The van der Waals surface area contributed by atoms with Gasteiger partial charge in [0.1, 0.15) is 11.6 Å². The van der Waals surface area contributed by atoms with Gasteiger partial charge in [-0.05, 0) is 56.8 Å². The molecule has 33 heavy (non-hydrogen) atoms. The number of aromatic nitrogens is 2. The molecule has 0 radical (unpaired) electrons. The van der Waals surface area contributed by atoms with Gasteiger partial charge in [0.25, 0.3) is 6.47 Å². The zero-order chi connectivity index (χ0) is 23.3. The van der Waals surface area contributed by atoms with Gasteiger partial charge >= 0.3 is 0 Å². The molecule has 0 bridgehead atoms. The second-order valence-electron chi connectivity index (χ2n) is 9.38. The molecule has 178 valence electrons. The van der Waals surface area contributed by atoms with E-state index in [-0.39, 0.29) is 5.82 Å². The number of hydrogen-bond acceptors (Lipinski definition) is 7. The third-order valence-corrected chi connectivity index (χ3v) is 7.03. The van der Waals surface area contributed by atoms with Crippen molar-refractivity contribution >= 4 is 12.3 Å². The molecular formula is C25H34FN5O2. The summed E-state index contributed by atoms with van der Waals surface area (Å²) in [6.07, 6.45) is 7.14. The van der Waals surface area contributed by atoms with Gasteiger partial charge in [0.05, 0.1) is 18.5 Å².